The van der Waals surface area contributed by atoms with Gasteiger partial charge in [0.05, 0.1) is 11.7 Å². The van der Waals surface area contributed by atoms with Gasteiger partial charge in [-0.2, -0.15) is 0 Å². The van der Waals surface area contributed by atoms with Crippen LogP contribution in [-0.2, 0) is 17.6 Å². The second-order valence-corrected chi connectivity index (χ2v) is 9.17. The SMILES string of the molecule is C#Cc1ccc2c(c1)CCc1[nH]c([C@@H]3C[C@H]4C[C@H]4N3C(=O)OC(C)(C)C)nc1-2. The second kappa shape index (κ2) is 5.88. The molecule has 28 heavy (non-hydrogen) atoms. The van der Waals surface area contributed by atoms with Gasteiger partial charge in [-0.1, -0.05) is 12.0 Å². The van der Waals surface area contributed by atoms with Gasteiger partial charge >= 0.3 is 6.09 Å². The molecule has 5 rings (SSSR count). The summed E-state index contributed by atoms with van der Waals surface area (Å²) >= 11 is 0. The van der Waals surface area contributed by atoms with Gasteiger partial charge < -0.3 is 9.72 Å². The number of benzene rings is 1. The third-order valence-electron chi connectivity index (χ3n) is 5.99. The van der Waals surface area contributed by atoms with E-state index < -0.39 is 5.60 Å². The third kappa shape index (κ3) is 2.79. The zero-order chi connectivity index (χ0) is 19.6. The molecule has 1 aliphatic heterocycles. The number of aromatic nitrogens is 2. The van der Waals surface area contributed by atoms with E-state index in [1.165, 1.54) is 5.56 Å². The van der Waals surface area contributed by atoms with Crippen LogP contribution in [-0.4, -0.2) is 32.6 Å². The van der Waals surface area contributed by atoms with Crippen molar-refractivity contribution in [3.63, 3.8) is 0 Å². The number of amides is 1. The van der Waals surface area contributed by atoms with Crippen molar-refractivity contribution in [3.05, 3.63) is 40.8 Å². The molecule has 144 valence electrons. The van der Waals surface area contributed by atoms with Gasteiger partial charge in [0, 0.05) is 22.9 Å². The van der Waals surface area contributed by atoms with Gasteiger partial charge in [0.15, 0.2) is 0 Å². The van der Waals surface area contributed by atoms with Crippen LogP contribution in [0.1, 0.15) is 62.3 Å². The molecule has 3 atom stereocenters. The number of carbonyl (C=O) groups excluding carboxylic acids is 1. The number of hydrogen-bond acceptors (Lipinski definition) is 3. The van der Waals surface area contributed by atoms with Crippen LogP contribution >= 0.6 is 0 Å². The van der Waals surface area contributed by atoms with E-state index in [1.807, 2.05) is 31.7 Å². The minimum Gasteiger partial charge on any atom is -0.444 e. The molecule has 1 saturated carbocycles. The van der Waals surface area contributed by atoms with E-state index in [9.17, 15) is 4.79 Å². The fraction of sp³-hybridized carbons (Fsp3) is 0.478. The van der Waals surface area contributed by atoms with Gasteiger partial charge in [0.2, 0.25) is 0 Å². The van der Waals surface area contributed by atoms with Gasteiger partial charge in [0.25, 0.3) is 0 Å². The second-order valence-electron chi connectivity index (χ2n) is 9.17. The predicted octanol–water partition coefficient (Wildman–Crippen LogP) is 4.23. The Morgan fingerprint density at radius 3 is 2.89 bits per heavy atom. The van der Waals surface area contributed by atoms with Crippen molar-refractivity contribution in [1.29, 1.82) is 0 Å². The maximum absolute atomic E-state index is 12.8. The summed E-state index contributed by atoms with van der Waals surface area (Å²) in [4.78, 5) is 23.2. The number of hydrogen-bond donors (Lipinski definition) is 1. The van der Waals surface area contributed by atoms with E-state index >= 15 is 0 Å². The first-order valence-corrected chi connectivity index (χ1v) is 10.0. The standard InChI is InChI=1S/C23H25N3O2/c1-5-13-6-8-16-14(10-13)7-9-17-20(16)25-21(24-17)19-12-15-11-18(15)26(19)22(27)28-23(2,3)4/h1,6,8,10,15,18-19H,7,9,11-12H2,2-4H3,(H,24,25)/t15-,18-,19+/m1/s1. The van der Waals surface area contributed by atoms with Crippen molar-refractivity contribution >= 4 is 6.09 Å². The summed E-state index contributed by atoms with van der Waals surface area (Å²) in [6, 6.07) is 6.40. The minimum absolute atomic E-state index is 0.0300. The Labute approximate surface area is 165 Å². The van der Waals surface area contributed by atoms with Crippen molar-refractivity contribution < 1.29 is 9.53 Å². The number of carbonyl (C=O) groups is 1. The highest BCUT2D eigenvalue weighted by Gasteiger charge is 2.56. The van der Waals surface area contributed by atoms with E-state index in [2.05, 4.69) is 23.0 Å². The number of piperidine rings is 1. The average Bonchev–Trinajstić information content (AvgIpc) is 3.11. The topological polar surface area (TPSA) is 58.2 Å². The summed E-state index contributed by atoms with van der Waals surface area (Å²) in [5.74, 6) is 4.17. The van der Waals surface area contributed by atoms with Crippen LogP contribution in [0.5, 0.6) is 0 Å². The van der Waals surface area contributed by atoms with Crippen LogP contribution in [0.2, 0.25) is 0 Å². The number of aromatic amines is 1. The van der Waals surface area contributed by atoms with Gasteiger partial charge in [-0.3, -0.25) is 4.90 Å². The molecular weight excluding hydrogens is 350 g/mol. The first-order chi connectivity index (χ1) is 13.3. The van der Waals surface area contributed by atoms with Crippen molar-refractivity contribution in [2.75, 3.05) is 0 Å². The Bertz CT molecular complexity index is 1010. The number of nitrogens with one attached hydrogen (secondary N) is 1. The Balaban J connectivity index is 1.47. The summed E-state index contributed by atoms with van der Waals surface area (Å²) in [5.41, 5.74) is 4.97. The Hall–Kier alpha value is -2.74. The van der Waals surface area contributed by atoms with Crippen LogP contribution in [0, 0.1) is 18.3 Å². The smallest absolute Gasteiger partial charge is 0.411 e. The van der Waals surface area contributed by atoms with Crippen LogP contribution in [0.15, 0.2) is 18.2 Å². The fourth-order valence-electron chi connectivity index (χ4n) is 4.65. The number of rotatable bonds is 1. The summed E-state index contributed by atoms with van der Waals surface area (Å²) in [6.07, 6.45) is 9.22. The fourth-order valence-corrected chi connectivity index (χ4v) is 4.65. The number of ether oxygens (including phenoxy) is 1. The Kier molecular flexibility index (Phi) is 3.64. The maximum Gasteiger partial charge on any atom is 0.411 e. The predicted molar refractivity (Wildman–Crippen MR) is 107 cm³/mol. The average molecular weight is 375 g/mol. The molecule has 2 aliphatic carbocycles. The monoisotopic (exact) mass is 375 g/mol. The number of H-pyrrole nitrogens is 1. The van der Waals surface area contributed by atoms with Crippen molar-refractivity contribution in [1.82, 2.24) is 14.9 Å². The molecule has 0 bridgehead atoms. The largest absolute Gasteiger partial charge is 0.444 e. The number of imidazole rings is 1. The first kappa shape index (κ1) is 17.4. The molecule has 2 aromatic rings. The van der Waals surface area contributed by atoms with Crippen molar-refractivity contribution in [2.24, 2.45) is 5.92 Å². The molecule has 5 heteroatoms. The molecule has 1 aromatic carbocycles. The van der Waals surface area contributed by atoms with Crippen molar-refractivity contribution in [2.45, 2.75) is 64.1 Å². The van der Waals surface area contributed by atoms with Crippen LogP contribution in [0.25, 0.3) is 11.3 Å². The van der Waals surface area contributed by atoms with E-state index in [4.69, 9.17) is 16.1 Å². The molecule has 0 radical (unpaired) electrons. The number of likely N-dealkylation sites (tertiary alicyclic amines) is 1. The highest BCUT2D eigenvalue weighted by molar-refractivity contribution is 5.72. The summed E-state index contributed by atoms with van der Waals surface area (Å²) in [5, 5.41) is 0. The quantitative estimate of drug-likeness (QED) is 0.759. The summed E-state index contributed by atoms with van der Waals surface area (Å²) in [6.45, 7) is 5.73. The number of terminal acetylenes is 1. The molecule has 1 amide bonds. The minimum atomic E-state index is -0.495. The third-order valence-corrected chi connectivity index (χ3v) is 5.99. The first-order valence-electron chi connectivity index (χ1n) is 10.0. The molecule has 1 N–H and O–H groups in total. The van der Waals surface area contributed by atoms with E-state index in [0.717, 1.165) is 54.0 Å². The zero-order valence-electron chi connectivity index (χ0n) is 16.6. The van der Waals surface area contributed by atoms with Crippen molar-refractivity contribution in [3.8, 4) is 23.6 Å². The number of aryl methyl sites for hydroxylation is 2. The lowest BCUT2D eigenvalue weighted by atomic mass is 9.91. The number of nitrogens with zero attached hydrogens (tertiary/aromatic N) is 2. The van der Waals surface area contributed by atoms with Gasteiger partial charge in [-0.05, 0) is 70.1 Å². The Morgan fingerprint density at radius 2 is 2.14 bits per heavy atom. The maximum atomic E-state index is 12.8. The molecular formula is C23H25N3O2. The molecule has 5 nitrogen and oxygen atoms in total. The van der Waals surface area contributed by atoms with Crippen LogP contribution in [0.3, 0.4) is 0 Å². The zero-order valence-corrected chi connectivity index (χ0v) is 16.6. The molecule has 1 aromatic heterocycles. The van der Waals surface area contributed by atoms with Crippen LogP contribution < -0.4 is 0 Å². The van der Waals surface area contributed by atoms with Crippen LogP contribution in [0.4, 0.5) is 4.79 Å². The Morgan fingerprint density at radius 1 is 1.32 bits per heavy atom. The highest BCUT2D eigenvalue weighted by Crippen LogP contribution is 2.53. The van der Waals surface area contributed by atoms with E-state index in [1.54, 1.807) is 0 Å². The van der Waals surface area contributed by atoms with Gasteiger partial charge in [0.1, 0.15) is 11.4 Å². The van der Waals surface area contributed by atoms with Gasteiger partial charge in [-0.15, -0.1) is 6.42 Å². The molecule has 1 saturated heterocycles. The summed E-state index contributed by atoms with van der Waals surface area (Å²) in [7, 11) is 0. The molecule has 0 spiro atoms. The molecule has 0 unspecified atom stereocenters. The summed E-state index contributed by atoms with van der Waals surface area (Å²) < 4.78 is 5.68. The number of fused-ring (bicyclic) bond motifs is 4. The molecule has 2 heterocycles. The van der Waals surface area contributed by atoms with E-state index in [0.29, 0.717) is 12.0 Å². The van der Waals surface area contributed by atoms with E-state index in [-0.39, 0.29) is 12.1 Å². The highest BCUT2D eigenvalue weighted by atomic mass is 16.6. The molecule has 3 aliphatic rings. The molecule has 2 fully saturated rings. The normalized spacial score (nSPS) is 24.8. The lowest BCUT2D eigenvalue weighted by molar-refractivity contribution is 0.0175. The van der Waals surface area contributed by atoms with Gasteiger partial charge in [-0.25, -0.2) is 9.78 Å². The lowest BCUT2D eigenvalue weighted by Crippen LogP contribution is -2.38. The lowest BCUT2D eigenvalue weighted by Gasteiger charge is -2.29.